The third kappa shape index (κ3) is 3.78. The largest absolute Gasteiger partial charge is 0.343 e. The fourth-order valence-electron chi connectivity index (χ4n) is 3.29. The molecule has 0 aromatic carbocycles. The molecular formula is C18H24N4O. The fourth-order valence-corrected chi connectivity index (χ4v) is 3.29. The molecule has 0 N–H and O–H groups in total. The van der Waals surface area contributed by atoms with E-state index in [1.54, 1.807) is 12.4 Å². The molecule has 1 aliphatic heterocycles. The summed E-state index contributed by atoms with van der Waals surface area (Å²) in [5.74, 6) is 1.92. The van der Waals surface area contributed by atoms with Gasteiger partial charge < -0.3 is 9.47 Å². The average molecular weight is 312 g/mol. The number of hydrogen-bond donors (Lipinski definition) is 0. The van der Waals surface area contributed by atoms with Gasteiger partial charge in [0.25, 0.3) is 0 Å². The molecule has 0 spiro atoms. The summed E-state index contributed by atoms with van der Waals surface area (Å²) in [5.41, 5.74) is 1.17. The molecule has 0 radical (unpaired) electrons. The second-order valence-electron chi connectivity index (χ2n) is 6.08. The molecule has 5 nitrogen and oxygen atoms in total. The first kappa shape index (κ1) is 15.7. The lowest BCUT2D eigenvalue weighted by Gasteiger charge is -2.32. The highest BCUT2D eigenvalue weighted by atomic mass is 16.2. The number of nitrogens with zero attached hydrogens (tertiary/aromatic N) is 4. The molecule has 1 fully saturated rings. The van der Waals surface area contributed by atoms with E-state index in [1.807, 2.05) is 29.4 Å². The lowest BCUT2D eigenvalue weighted by molar-refractivity contribution is -0.132. The van der Waals surface area contributed by atoms with Crippen molar-refractivity contribution in [1.82, 2.24) is 19.4 Å². The number of hydrogen-bond acceptors (Lipinski definition) is 3. The van der Waals surface area contributed by atoms with Gasteiger partial charge in [0.1, 0.15) is 5.82 Å². The molecule has 0 aliphatic carbocycles. The molecule has 1 amide bonds. The van der Waals surface area contributed by atoms with Gasteiger partial charge in [-0.05, 0) is 43.9 Å². The minimum atomic E-state index is 0.263. The number of amides is 1. The molecule has 3 rings (SSSR count). The summed E-state index contributed by atoms with van der Waals surface area (Å²) in [6.07, 6.45) is 10.9. The van der Waals surface area contributed by atoms with Crippen molar-refractivity contribution in [2.45, 2.75) is 45.1 Å². The summed E-state index contributed by atoms with van der Waals surface area (Å²) < 4.78 is 2.21. The third-order valence-corrected chi connectivity index (χ3v) is 4.68. The summed E-state index contributed by atoms with van der Waals surface area (Å²) in [4.78, 5) is 22.9. The molecule has 1 saturated heterocycles. The second-order valence-corrected chi connectivity index (χ2v) is 6.08. The number of imidazole rings is 1. The molecule has 1 aliphatic rings. The zero-order valence-corrected chi connectivity index (χ0v) is 13.7. The van der Waals surface area contributed by atoms with Crippen LogP contribution in [0.25, 0.3) is 0 Å². The van der Waals surface area contributed by atoms with Gasteiger partial charge in [-0.15, -0.1) is 0 Å². The Kier molecular flexibility index (Phi) is 5.05. The second kappa shape index (κ2) is 7.40. The Bertz CT molecular complexity index is 629. The predicted octanol–water partition coefficient (Wildman–Crippen LogP) is 2.64. The van der Waals surface area contributed by atoms with Crippen molar-refractivity contribution in [3.05, 3.63) is 48.3 Å². The first-order valence-electron chi connectivity index (χ1n) is 8.45. The van der Waals surface area contributed by atoms with Crippen LogP contribution in [-0.4, -0.2) is 38.4 Å². The van der Waals surface area contributed by atoms with E-state index in [1.165, 1.54) is 11.4 Å². The van der Waals surface area contributed by atoms with E-state index in [0.717, 1.165) is 38.9 Å². The molecule has 3 heterocycles. The molecular weight excluding hydrogens is 288 g/mol. The van der Waals surface area contributed by atoms with Crippen molar-refractivity contribution in [3.8, 4) is 0 Å². The van der Waals surface area contributed by atoms with E-state index in [9.17, 15) is 4.79 Å². The van der Waals surface area contributed by atoms with Gasteiger partial charge in [-0.25, -0.2) is 4.98 Å². The molecule has 0 atom stereocenters. The molecule has 2 aromatic heterocycles. The Morgan fingerprint density at radius 2 is 1.96 bits per heavy atom. The van der Waals surface area contributed by atoms with Gasteiger partial charge in [0.05, 0.1) is 0 Å². The van der Waals surface area contributed by atoms with Gasteiger partial charge in [-0.3, -0.25) is 9.78 Å². The zero-order valence-electron chi connectivity index (χ0n) is 13.7. The Morgan fingerprint density at radius 1 is 1.22 bits per heavy atom. The smallest absolute Gasteiger partial charge is 0.222 e. The minimum Gasteiger partial charge on any atom is -0.343 e. The molecule has 0 saturated carbocycles. The van der Waals surface area contributed by atoms with E-state index < -0.39 is 0 Å². The van der Waals surface area contributed by atoms with Crippen LogP contribution in [-0.2, 0) is 17.8 Å². The molecule has 0 bridgehead atoms. The van der Waals surface area contributed by atoms with E-state index in [2.05, 4.69) is 21.5 Å². The van der Waals surface area contributed by atoms with Crippen LogP contribution in [0.15, 0.2) is 36.9 Å². The lowest BCUT2D eigenvalue weighted by atomic mass is 9.95. The van der Waals surface area contributed by atoms with Crippen LogP contribution in [0.4, 0.5) is 0 Å². The van der Waals surface area contributed by atoms with Crippen LogP contribution in [0.3, 0.4) is 0 Å². The first-order valence-corrected chi connectivity index (χ1v) is 8.45. The number of aryl methyl sites for hydroxylation is 2. The van der Waals surface area contributed by atoms with Crippen molar-refractivity contribution in [2.24, 2.45) is 0 Å². The normalized spacial score (nSPS) is 15.8. The molecule has 0 unspecified atom stereocenters. The number of rotatable bonds is 5. The van der Waals surface area contributed by atoms with Crippen LogP contribution in [0.1, 0.15) is 43.5 Å². The van der Waals surface area contributed by atoms with Crippen molar-refractivity contribution in [1.29, 1.82) is 0 Å². The molecule has 2 aromatic rings. The lowest BCUT2D eigenvalue weighted by Crippen LogP contribution is -2.38. The first-order chi connectivity index (χ1) is 11.3. The summed E-state index contributed by atoms with van der Waals surface area (Å²) >= 11 is 0. The summed E-state index contributed by atoms with van der Waals surface area (Å²) in [6.45, 7) is 4.79. The van der Waals surface area contributed by atoms with Crippen LogP contribution in [0.5, 0.6) is 0 Å². The number of carbonyl (C=O) groups is 1. The number of carbonyl (C=O) groups excluding carboxylic acids is 1. The predicted molar refractivity (Wildman–Crippen MR) is 89.0 cm³/mol. The fraction of sp³-hybridized carbons (Fsp3) is 0.500. The average Bonchev–Trinajstić information content (AvgIpc) is 3.09. The van der Waals surface area contributed by atoms with Gasteiger partial charge in [0, 0.05) is 56.8 Å². The van der Waals surface area contributed by atoms with Gasteiger partial charge in [0.2, 0.25) is 5.91 Å². The van der Waals surface area contributed by atoms with Crippen LogP contribution < -0.4 is 0 Å². The van der Waals surface area contributed by atoms with Crippen molar-refractivity contribution >= 4 is 5.91 Å². The van der Waals surface area contributed by atoms with Gasteiger partial charge >= 0.3 is 0 Å². The van der Waals surface area contributed by atoms with E-state index >= 15 is 0 Å². The molecule has 122 valence electrons. The molecule has 23 heavy (non-hydrogen) atoms. The summed E-state index contributed by atoms with van der Waals surface area (Å²) in [5, 5.41) is 0. The maximum atomic E-state index is 12.4. The van der Waals surface area contributed by atoms with Gasteiger partial charge in [0.15, 0.2) is 0 Å². The Labute approximate surface area is 137 Å². The third-order valence-electron chi connectivity index (χ3n) is 4.68. The number of pyridine rings is 1. The van der Waals surface area contributed by atoms with E-state index in [-0.39, 0.29) is 5.91 Å². The summed E-state index contributed by atoms with van der Waals surface area (Å²) in [6, 6.07) is 3.95. The van der Waals surface area contributed by atoms with Crippen molar-refractivity contribution in [3.63, 3.8) is 0 Å². The number of likely N-dealkylation sites (tertiary alicyclic amines) is 1. The standard InChI is InChI=1S/C18H24N4O/c1-2-21-14-11-20-18(21)16-7-12-22(13-8-16)17(23)4-3-15-5-9-19-10-6-15/h5-6,9-11,14,16H,2-4,7-8,12-13H2,1H3. The van der Waals surface area contributed by atoms with E-state index in [0.29, 0.717) is 12.3 Å². The number of aromatic nitrogens is 3. The van der Waals surface area contributed by atoms with Crippen molar-refractivity contribution < 1.29 is 4.79 Å². The molecule has 5 heteroatoms. The topological polar surface area (TPSA) is 51.0 Å². The maximum absolute atomic E-state index is 12.4. The summed E-state index contributed by atoms with van der Waals surface area (Å²) in [7, 11) is 0. The van der Waals surface area contributed by atoms with Crippen molar-refractivity contribution in [2.75, 3.05) is 13.1 Å². The number of piperidine rings is 1. The Morgan fingerprint density at radius 3 is 2.65 bits per heavy atom. The maximum Gasteiger partial charge on any atom is 0.222 e. The van der Waals surface area contributed by atoms with Crippen LogP contribution >= 0.6 is 0 Å². The zero-order chi connectivity index (χ0) is 16.1. The highest BCUT2D eigenvalue weighted by Gasteiger charge is 2.25. The Balaban J connectivity index is 1.49. The highest BCUT2D eigenvalue weighted by molar-refractivity contribution is 5.76. The van der Waals surface area contributed by atoms with E-state index in [4.69, 9.17) is 0 Å². The highest BCUT2D eigenvalue weighted by Crippen LogP contribution is 2.27. The SMILES string of the molecule is CCn1ccnc1C1CCN(C(=O)CCc2ccncc2)CC1. The minimum absolute atomic E-state index is 0.263. The van der Waals surface area contributed by atoms with Gasteiger partial charge in [-0.2, -0.15) is 0 Å². The van der Waals surface area contributed by atoms with Crippen LogP contribution in [0, 0.1) is 0 Å². The Hall–Kier alpha value is -2.17. The monoisotopic (exact) mass is 312 g/mol. The van der Waals surface area contributed by atoms with Gasteiger partial charge in [-0.1, -0.05) is 0 Å². The van der Waals surface area contributed by atoms with Crippen LogP contribution in [0.2, 0.25) is 0 Å². The quantitative estimate of drug-likeness (QED) is 0.853.